The van der Waals surface area contributed by atoms with Crippen molar-refractivity contribution in [2.75, 3.05) is 6.54 Å². The molecule has 2 amide bonds. The third kappa shape index (κ3) is 4.01. The molecule has 1 aliphatic heterocycles. The van der Waals surface area contributed by atoms with Crippen LogP contribution in [0.2, 0.25) is 0 Å². The summed E-state index contributed by atoms with van der Waals surface area (Å²) in [6.45, 7) is 4.42. The van der Waals surface area contributed by atoms with Crippen LogP contribution >= 0.6 is 0 Å². The molecule has 6 nitrogen and oxygen atoms in total. The number of sulfone groups is 1. The van der Waals surface area contributed by atoms with Crippen molar-refractivity contribution in [1.82, 2.24) is 9.80 Å². The Bertz CT molecular complexity index is 842. The van der Waals surface area contributed by atoms with E-state index in [2.05, 4.69) is 16.7 Å². The summed E-state index contributed by atoms with van der Waals surface area (Å²) in [5, 5.41) is -0.171. The molecule has 4 atom stereocenters. The first-order chi connectivity index (χ1) is 15.3. The standard InChI is InChI=1S/C25H40N2O4S/c1-16-15-26(25(29)19-4-3-5-19)24-14-20(8-13-23(24)27(16)17(2)28)18-6-9-21(10-7-18)32(30,31)22-11-12-22/h16,18-24H,3-15H2,1-2H3/t16-,18?,20?,21?,23?,24?/m0/s1. The first-order valence-electron chi connectivity index (χ1n) is 13.1. The van der Waals surface area contributed by atoms with Gasteiger partial charge in [-0.15, -0.1) is 0 Å². The van der Waals surface area contributed by atoms with E-state index in [9.17, 15) is 18.0 Å². The molecule has 0 spiro atoms. The van der Waals surface area contributed by atoms with Crippen LogP contribution in [0.4, 0.5) is 0 Å². The van der Waals surface area contributed by atoms with E-state index in [0.29, 0.717) is 24.3 Å². The molecular weight excluding hydrogens is 424 g/mol. The second-order valence-electron chi connectivity index (χ2n) is 11.4. The number of rotatable bonds is 4. The highest BCUT2D eigenvalue weighted by atomic mass is 32.2. The highest BCUT2D eigenvalue weighted by Crippen LogP contribution is 2.45. The summed E-state index contributed by atoms with van der Waals surface area (Å²) < 4.78 is 25.4. The molecule has 4 saturated carbocycles. The number of hydrogen-bond acceptors (Lipinski definition) is 4. The fourth-order valence-corrected chi connectivity index (χ4v) is 9.60. The van der Waals surface area contributed by atoms with E-state index >= 15 is 0 Å². The van der Waals surface area contributed by atoms with Crippen LogP contribution in [0.15, 0.2) is 0 Å². The molecule has 0 aromatic carbocycles. The van der Waals surface area contributed by atoms with Gasteiger partial charge in [0.1, 0.15) is 0 Å². The second kappa shape index (κ2) is 8.59. The molecule has 0 aromatic heterocycles. The Labute approximate surface area is 193 Å². The summed E-state index contributed by atoms with van der Waals surface area (Å²) in [4.78, 5) is 30.0. The number of amides is 2. The zero-order chi connectivity index (χ0) is 22.6. The van der Waals surface area contributed by atoms with Crippen LogP contribution < -0.4 is 0 Å². The summed E-state index contributed by atoms with van der Waals surface area (Å²) >= 11 is 0. The van der Waals surface area contributed by atoms with Crippen molar-refractivity contribution in [2.45, 2.75) is 120 Å². The summed E-state index contributed by atoms with van der Waals surface area (Å²) in [7, 11) is -2.91. The fourth-order valence-electron chi connectivity index (χ4n) is 7.33. The highest BCUT2D eigenvalue weighted by molar-refractivity contribution is 7.92. The van der Waals surface area contributed by atoms with Gasteiger partial charge < -0.3 is 9.80 Å². The molecule has 0 aromatic rings. The van der Waals surface area contributed by atoms with Gasteiger partial charge in [0.25, 0.3) is 0 Å². The van der Waals surface area contributed by atoms with E-state index < -0.39 is 9.84 Å². The van der Waals surface area contributed by atoms with Gasteiger partial charge in [-0.3, -0.25) is 9.59 Å². The Morgan fingerprint density at radius 1 is 0.781 bits per heavy atom. The van der Waals surface area contributed by atoms with Crippen molar-refractivity contribution in [1.29, 1.82) is 0 Å². The Morgan fingerprint density at radius 2 is 1.38 bits per heavy atom. The minimum absolute atomic E-state index is 0.0487. The third-order valence-electron chi connectivity index (χ3n) is 9.46. The van der Waals surface area contributed by atoms with Crippen molar-refractivity contribution in [2.24, 2.45) is 17.8 Å². The molecule has 5 fully saturated rings. The van der Waals surface area contributed by atoms with Crippen molar-refractivity contribution in [3.63, 3.8) is 0 Å². The average molecular weight is 465 g/mol. The van der Waals surface area contributed by atoms with E-state index in [1.807, 2.05) is 0 Å². The molecular formula is C25H40N2O4S. The monoisotopic (exact) mass is 464 g/mol. The van der Waals surface area contributed by atoms with Crippen LogP contribution in [0, 0.1) is 17.8 Å². The van der Waals surface area contributed by atoms with Crippen LogP contribution in [0.3, 0.4) is 0 Å². The summed E-state index contributed by atoms with van der Waals surface area (Å²) in [5.41, 5.74) is 0. The number of carbonyl (C=O) groups excluding carboxylic acids is 2. The first kappa shape index (κ1) is 22.7. The van der Waals surface area contributed by atoms with Crippen LogP contribution in [-0.2, 0) is 19.4 Å². The van der Waals surface area contributed by atoms with Crippen molar-refractivity contribution >= 4 is 21.7 Å². The molecule has 0 N–H and O–H groups in total. The Kier molecular flexibility index (Phi) is 6.09. The quantitative estimate of drug-likeness (QED) is 0.638. The largest absolute Gasteiger partial charge is 0.335 e. The Morgan fingerprint density at radius 3 is 1.91 bits per heavy atom. The predicted octanol–water partition coefficient (Wildman–Crippen LogP) is 3.54. The zero-order valence-corrected chi connectivity index (χ0v) is 20.6. The number of carbonyl (C=O) groups is 2. The molecule has 32 heavy (non-hydrogen) atoms. The normalized spacial score (nSPS) is 38.7. The molecule has 0 bridgehead atoms. The number of piperazine rings is 1. The second-order valence-corrected chi connectivity index (χ2v) is 13.9. The van der Waals surface area contributed by atoms with Gasteiger partial charge in [-0.2, -0.15) is 0 Å². The smallest absolute Gasteiger partial charge is 0.226 e. The maximum Gasteiger partial charge on any atom is 0.226 e. The summed E-state index contributed by atoms with van der Waals surface area (Å²) in [5.74, 6) is 1.75. The minimum Gasteiger partial charge on any atom is -0.335 e. The zero-order valence-electron chi connectivity index (χ0n) is 19.7. The van der Waals surface area contributed by atoms with E-state index in [1.54, 1.807) is 6.92 Å². The van der Waals surface area contributed by atoms with Gasteiger partial charge in [-0.25, -0.2) is 8.42 Å². The van der Waals surface area contributed by atoms with Gasteiger partial charge in [0.05, 0.1) is 22.6 Å². The molecule has 1 saturated heterocycles. The maximum absolute atomic E-state index is 13.3. The molecule has 0 radical (unpaired) electrons. The predicted molar refractivity (Wildman–Crippen MR) is 124 cm³/mol. The first-order valence-corrected chi connectivity index (χ1v) is 14.7. The number of fused-ring (bicyclic) bond motifs is 1. The summed E-state index contributed by atoms with van der Waals surface area (Å²) in [6, 6.07) is 0.357. The SMILES string of the molecule is CC(=O)N1C2CCC(C3CCC(S(=O)(=O)C4CC4)CC3)CC2N(C(=O)C2CCC2)C[C@@H]1C. The van der Waals surface area contributed by atoms with Crippen LogP contribution in [0.1, 0.15) is 90.9 Å². The average Bonchev–Trinajstić information content (AvgIpc) is 3.57. The van der Waals surface area contributed by atoms with Gasteiger partial charge in [0.15, 0.2) is 9.84 Å². The molecule has 180 valence electrons. The Balaban J connectivity index is 1.28. The lowest BCUT2D eigenvalue weighted by atomic mass is 9.69. The number of hydrogen-bond donors (Lipinski definition) is 0. The molecule has 3 unspecified atom stereocenters. The maximum atomic E-state index is 13.3. The highest BCUT2D eigenvalue weighted by Gasteiger charge is 2.49. The van der Waals surface area contributed by atoms with Crippen molar-refractivity contribution in [3.05, 3.63) is 0 Å². The van der Waals surface area contributed by atoms with Gasteiger partial charge in [-0.1, -0.05) is 6.42 Å². The third-order valence-corrected chi connectivity index (χ3v) is 12.3. The Hall–Kier alpha value is -1.11. The van der Waals surface area contributed by atoms with E-state index in [4.69, 9.17) is 0 Å². The molecule has 4 aliphatic carbocycles. The van der Waals surface area contributed by atoms with Crippen molar-refractivity contribution in [3.8, 4) is 0 Å². The minimum atomic E-state index is -2.91. The van der Waals surface area contributed by atoms with E-state index in [-0.39, 0.29) is 40.5 Å². The number of nitrogens with zero attached hydrogens (tertiary/aromatic N) is 2. The lowest BCUT2D eigenvalue weighted by Crippen LogP contribution is -2.67. The lowest BCUT2D eigenvalue weighted by Gasteiger charge is -2.55. The van der Waals surface area contributed by atoms with Gasteiger partial charge in [0.2, 0.25) is 11.8 Å². The van der Waals surface area contributed by atoms with Gasteiger partial charge in [-0.05, 0) is 89.4 Å². The lowest BCUT2D eigenvalue weighted by molar-refractivity contribution is -0.159. The van der Waals surface area contributed by atoms with Crippen LogP contribution in [-0.4, -0.2) is 65.2 Å². The topological polar surface area (TPSA) is 74.8 Å². The molecule has 5 rings (SSSR count). The van der Waals surface area contributed by atoms with Crippen molar-refractivity contribution < 1.29 is 18.0 Å². The molecule has 1 heterocycles. The van der Waals surface area contributed by atoms with Crippen LogP contribution in [0.25, 0.3) is 0 Å². The van der Waals surface area contributed by atoms with E-state index in [0.717, 1.165) is 77.0 Å². The van der Waals surface area contributed by atoms with Crippen LogP contribution in [0.5, 0.6) is 0 Å². The van der Waals surface area contributed by atoms with E-state index in [1.165, 1.54) is 0 Å². The molecule has 7 heteroatoms. The van der Waals surface area contributed by atoms with Gasteiger partial charge in [0, 0.05) is 25.4 Å². The van der Waals surface area contributed by atoms with Gasteiger partial charge >= 0.3 is 0 Å². The summed E-state index contributed by atoms with van der Waals surface area (Å²) in [6.07, 6.45) is 11.6. The molecule has 5 aliphatic rings. The fraction of sp³-hybridized carbons (Fsp3) is 0.920.